The van der Waals surface area contributed by atoms with Crippen molar-refractivity contribution in [2.24, 2.45) is 5.92 Å². The fourth-order valence-electron chi connectivity index (χ4n) is 1.79. The van der Waals surface area contributed by atoms with Crippen LogP contribution in [0.2, 0.25) is 0 Å². The lowest BCUT2D eigenvalue weighted by molar-refractivity contribution is 0.712. The van der Waals surface area contributed by atoms with Crippen LogP contribution < -0.4 is 0 Å². The monoisotopic (exact) mass is 272 g/mol. The summed E-state index contributed by atoms with van der Waals surface area (Å²) in [5.74, 6) is 0.384. The van der Waals surface area contributed by atoms with Gasteiger partial charge >= 0.3 is 0 Å². The lowest BCUT2D eigenvalue weighted by Crippen LogP contribution is -2.06. The van der Waals surface area contributed by atoms with Gasteiger partial charge in [-0.25, -0.2) is 0 Å². The second-order valence-corrected chi connectivity index (χ2v) is 4.40. The molecule has 20 heavy (non-hydrogen) atoms. The van der Waals surface area contributed by atoms with Gasteiger partial charge in [-0.3, -0.25) is 0 Å². The predicted molar refractivity (Wildman–Crippen MR) is 96.1 cm³/mol. The zero-order chi connectivity index (χ0) is 16.1. The van der Waals surface area contributed by atoms with Gasteiger partial charge < -0.3 is 0 Å². The average Bonchev–Trinajstić information content (AvgIpc) is 2.49. The Hall–Kier alpha value is -1.56. The van der Waals surface area contributed by atoms with Crippen molar-refractivity contribution in [1.82, 2.24) is 0 Å². The van der Waals surface area contributed by atoms with E-state index in [-0.39, 0.29) is 0 Å². The zero-order valence-electron chi connectivity index (χ0n) is 14.3. The van der Waals surface area contributed by atoms with Crippen LogP contribution in [0.25, 0.3) is 6.08 Å². The summed E-state index contributed by atoms with van der Waals surface area (Å²) in [7, 11) is 0. The first kappa shape index (κ1) is 20.8. The summed E-state index contributed by atoms with van der Waals surface area (Å²) in [5, 5.41) is 0. The first-order valence-electron chi connectivity index (χ1n) is 7.56. The molecule has 0 spiro atoms. The van der Waals surface area contributed by atoms with Gasteiger partial charge in [0.2, 0.25) is 0 Å². The fourth-order valence-corrected chi connectivity index (χ4v) is 1.79. The van der Waals surface area contributed by atoms with Crippen LogP contribution in [-0.2, 0) is 6.42 Å². The number of allylic oxidation sites excluding steroid dienone is 2. The number of hydrogen-bond acceptors (Lipinski definition) is 0. The van der Waals surface area contributed by atoms with Crippen molar-refractivity contribution < 1.29 is 0 Å². The van der Waals surface area contributed by atoms with Crippen molar-refractivity contribution in [3.05, 3.63) is 66.3 Å². The van der Waals surface area contributed by atoms with Crippen LogP contribution >= 0.6 is 0 Å². The maximum atomic E-state index is 4.03. The minimum absolute atomic E-state index is 0.384. The van der Waals surface area contributed by atoms with Gasteiger partial charge in [-0.05, 0) is 31.4 Å². The minimum Gasteiger partial charge on any atom is -0.0995 e. The Morgan fingerprint density at radius 2 is 1.35 bits per heavy atom. The molecule has 1 aromatic rings. The van der Waals surface area contributed by atoms with Gasteiger partial charge in [-0.1, -0.05) is 88.9 Å². The predicted octanol–water partition coefficient (Wildman–Crippen LogP) is 6.69. The summed E-state index contributed by atoms with van der Waals surface area (Å²) in [5.41, 5.74) is 4.84. The van der Waals surface area contributed by atoms with Crippen molar-refractivity contribution in [3.8, 4) is 0 Å². The highest BCUT2D eigenvalue weighted by molar-refractivity contribution is 5.47. The highest BCUT2D eigenvalue weighted by Crippen LogP contribution is 2.22. The molecule has 0 saturated heterocycles. The molecular formula is C20H32. The van der Waals surface area contributed by atoms with Crippen molar-refractivity contribution in [2.75, 3.05) is 0 Å². The molecule has 112 valence electrons. The molecule has 0 aliphatic heterocycles. The number of benzene rings is 1. The van der Waals surface area contributed by atoms with Gasteiger partial charge in [0.15, 0.2) is 0 Å². The van der Waals surface area contributed by atoms with Crippen LogP contribution in [0, 0.1) is 5.92 Å². The Balaban J connectivity index is 0. The van der Waals surface area contributed by atoms with E-state index in [2.05, 4.69) is 57.8 Å². The van der Waals surface area contributed by atoms with Gasteiger partial charge in [0.05, 0.1) is 0 Å². The van der Waals surface area contributed by atoms with E-state index in [4.69, 9.17) is 0 Å². The van der Waals surface area contributed by atoms with Crippen molar-refractivity contribution in [1.29, 1.82) is 0 Å². The molecule has 0 unspecified atom stereocenters. The molecule has 0 nitrogen and oxygen atoms in total. The van der Waals surface area contributed by atoms with E-state index in [0.29, 0.717) is 5.92 Å². The number of hydrogen-bond donors (Lipinski definition) is 0. The smallest absolute Gasteiger partial charge is 0.00364 e. The Labute approximate surface area is 126 Å². The van der Waals surface area contributed by atoms with Crippen LogP contribution in [0.15, 0.2) is 55.1 Å². The SMILES string of the molecule is C=Cc1ccc(CC(C(=C)C)C(=C)C)cc1.CC.CC. The van der Waals surface area contributed by atoms with Crippen molar-refractivity contribution in [3.63, 3.8) is 0 Å². The maximum absolute atomic E-state index is 4.03. The molecule has 0 aromatic heterocycles. The molecule has 0 heterocycles. The van der Waals surface area contributed by atoms with Gasteiger partial charge in [-0.15, -0.1) is 0 Å². The van der Waals surface area contributed by atoms with E-state index in [1.807, 2.05) is 33.8 Å². The molecule has 1 rings (SSSR count). The molecule has 0 saturated carbocycles. The summed E-state index contributed by atoms with van der Waals surface area (Å²) < 4.78 is 0. The van der Waals surface area contributed by atoms with Gasteiger partial charge in [0.25, 0.3) is 0 Å². The number of rotatable bonds is 5. The van der Waals surface area contributed by atoms with E-state index in [1.54, 1.807) is 0 Å². The van der Waals surface area contributed by atoms with E-state index in [9.17, 15) is 0 Å². The molecule has 0 aliphatic carbocycles. The second-order valence-electron chi connectivity index (χ2n) is 4.40. The summed E-state index contributed by atoms with van der Waals surface area (Å²) in [4.78, 5) is 0. The Morgan fingerprint density at radius 1 is 0.950 bits per heavy atom. The summed E-state index contributed by atoms with van der Waals surface area (Å²) in [6.07, 6.45) is 2.85. The van der Waals surface area contributed by atoms with E-state index < -0.39 is 0 Å². The topological polar surface area (TPSA) is 0 Å². The molecule has 0 aliphatic rings. The lowest BCUT2D eigenvalue weighted by Gasteiger charge is -2.17. The minimum atomic E-state index is 0.384. The fraction of sp³-hybridized carbons (Fsp3) is 0.400. The first-order valence-corrected chi connectivity index (χ1v) is 7.56. The van der Waals surface area contributed by atoms with Gasteiger partial charge in [-0.2, -0.15) is 0 Å². The largest absolute Gasteiger partial charge is 0.0995 e. The third-order valence-corrected chi connectivity index (χ3v) is 2.84. The van der Waals surface area contributed by atoms with Crippen LogP contribution in [0.4, 0.5) is 0 Å². The van der Waals surface area contributed by atoms with Gasteiger partial charge in [0, 0.05) is 5.92 Å². The first-order chi connectivity index (χ1) is 9.54. The quantitative estimate of drug-likeness (QED) is 0.524. The summed E-state index contributed by atoms with van der Waals surface area (Å²) >= 11 is 0. The average molecular weight is 272 g/mol. The summed E-state index contributed by atoms with van der Waals surface area (Å²) in [6.45, 7) is 23.9. The lowest BCUT2D eigenvalue weighted by atomic mass is 9.88. The molecule has 0 fully saturated rings. The summed E-state index contributed by atoms with van der Waals surface area (Å²) in [6, 6.07) is 8.48. The standard InChI is InChI=1S/C16H20.2C2H6/c1-6-14-7-9-15(10-8-14)11-16(12(2)3)13(4)5;2*1-2/h6-10,16H,1-2,4,11H2,3,5H3;2*1-2H3. The third-order valence-electron chi connectivity index (χ3n) is 2.84. The molecular weight excluding hydrogens is 240 g/mol. The maximum Gasteiger partial charge on any atom is 0.00364 e. The molecule has 0 heteroatoms. The third kappa shape index (κ3) is 7.78. The molecule has 0 atom stereocenters. The Morgan fingerprint density at radius 3 is 1.65 bits per heavy atom. The van der Waals surface area contributed by atoms with Crippen LogP contribution in [0.5, 0.6) is 0 Å². The molecule has 0 N–H and O–H groups in total. The highest BCUT2D eigenvalue weighted by Gasteiger charge is 2.10. The van der Waals surface area contributed by atoms with E-state index in [1.165, 1.54) is 16.7 Å². The van der Waals surface area contributed by atoms with E-state index in [0.717, 1.165) is 12.0 Å². The van der Waals surface area contributed by atoms with Crippen molar-refractivity contribution in [2.45, 2.75) is 48.0 Å². The van der Waals surface area contributed by atoms with Crippen LogP contribution in [0.3, 0.4) is 0 Å². The normalized spacial score (nSPS) is 8.75. The molecule has 0 bridgehead atoms. The molecule has 1 aromatic carbocycles. The molecule has 0 radical (unpaired) electrons. The van der Waals surface area contributed by atoms with Crippen LogP contribution in [-0.4, -0.2) is 0 Å². The second kappa shape index (κ2) is 12.5. The highest BCUT2D eigenvalue weighted by atomic mass is 14.2. The van der Waals surface area contributed by atoms with Gasteiger partial charge in [0.1, 0.15) is 0 Å². The Kier molecular flexibility index (Phi) is 12.9. The van der Waals surface area contributed by atoms with Crippen molar-refractivity contribution >= 4 is 6.08 Å². The zero-order valence-corrected chi connectivity index (χ0v) is 14.3. The Bertz CT molecular complexity index is 379. The molecule has 0 amide bonds. The van der Waals surface area contributed by atoms with Crippen LogP contribution in [0.1, 0.15) is 52.7 Å². The van der Waals surface area contributed by atoms with E-state index >= 15 is 0 Å².